The van der Waals surface area contributed by atoms with Gasteiger partial charge in [-0.3, -0.25) is 0 Å². The fourth-order valence-electron chi connectivity index (χ4n) is 1.29. The van der Waals surface area contributed by atoms with Crippen molar-refractivity contribution in [2.45, 2.75) is 32.4 Å². The zero-order chi connectivity index (χ0) is 13.9. The fourth-order valence-corrected chi connectivity index (χ4v) is 1.29. The molecule has 0 amide bonds. The zero-order valence-electron chi connectivity index (χ0n) is 11.0. The van der Waals surface area contributed by atoms with Crippen LogP contribution in [0.2, 0.25) is 0 Å². The van der Waals surface area contributed by atoms with E-state index in [0.29, 0.717) is 0 Å². The highest BCUT2D eigenvalue weighted by atomic mass is 19.1. The van der Waals surface area contributed by atoms with Crippen molar-refractivity contribution >= 4 is 11.7 Å². The van der Waals surface area contributed by atoms with Gasteiger partial charge in [0, 0.05) is 0 Å². The summed E-state index contributed by atoms with van der Waals surface area (Å²) in [6.45, 7) is 4.96. The quantitative estimate of drug-likeness (QED) is 0.810. The molecule has 0 radical (unpaired) electrons. The molecule has 1 rings (SSSR count). The Morgan fingerprint density at radius 2 is 2.11 bits per heavy atom. The average Bonchev–Trinajstić information content (AvgIpc) is 2.29. The Morgan fingerprint density at radius 1 is 1.50 bits per heavy atom. The van der Waals surface area contributed by atoms with Crippen molar-refractivity contribution in [3.63, 3.8) is 0 Å². The summed E-state index contributed by atoms with van der Waals surface area (Å²) in [6.07, 6.45) is 0. The molecule has 100 valence electrons. The Morgan fingerprint density at radius 3 is 2.61 bits per heavy atom. The van der Waals surface area contributed by atoms with E-state index in [1.54, 1.807) is 20.8 Å². The van der Waals surface area contributed by atoms with Gasteiger partial charge < -0.3 is 15.2 Å². The lowest BCUT2D eigenvalue weighted by atomic mass is 10.0. The number of aliphatic hydroxyl groups is 1. The second-order valence-electron chi connectivity index (χ2n) is 4.71. The van der Waals surface area contributed by atoms with Crippen molar-refractivity contribution in [2.24, 2.45) is 0 Å². The van der Waals surface area contributed by atoms with Crippen LogP contribution in [0.4, 0.5) is 10.1 Å². The molecule has 1 aromatic carbocycles. The van der Waals surface area contributed by atoms with Crippen LogP contribution in [-0.4, -0.2) is 29.8 Å². The maximum absolute atomic E-state index is 13.6. The minimum absolute atomic E-state index is 0.160. The topological polar surface area (TPSA) is 58.6 Å². The Kier molecular flexibility index (Phi) is 4.29. The van der Waals surface area contributed by atoms with E-state index >= 15 is 0 Å². The molecule has 18 heavy (non-hydrogen) atoms. The van der Waals surface area contributed by atoms with Crippen LogP contribution in [0.3, 0.4) is 0 Å². The van der Waals surface area contributed by atoms with Crippen molar-refractivity contribution in [1.82, 2.24) is 0 Å². The van der Waals surface area contributed by atoms with Crippen LogP contribution >= 0.6 is 0 Å². The molecule has 0 aliphatic rings. The Hall–Kier alpha value is -1.62. The standard InChI is InChI=1S/C13H18FNO3/c1-8(13(2,3)17)15-11-7-9(12(16)18-4)5-6-10(11)14/h5-8,15,17H,1-4H3. The SMILES string of the molecule is COC(=O)c1ccc(F)c(NC(C)C(C)(C)O)c1. The molecule has 1 unspecified atom stereocenters. The average molecular weight is 255 g/mol. The predicted octanol–water partition coefficient (Wildman–Crippen LogP) is 2.18. The molecule has 0 spiro atoms. The van der Waals surface area contributed by atoms with Crippen LogP contribution in [-0.2, 0) is 4.74 Å². The number of nitrogens with one attached hydrogen (secondary N) is 1. The molecule has 1 atom stereocenters. The van der Waals surface area contributed by atoms with Crippen LogP contribution in [0, 0.1) is 5.82 Å². The molecule has 4 nitrogen and oxygen atoms in total. The van der Waals surface area contributed by atoms with Crippen LogP contribution in [0.1, 0.15) is 31.1 Å². The van der Waals surface area contributed by atoms with Crippen molar-refractivity contribution < 1.29 is 19.0 Å². The van der Waals surface area contributed by atoms with Gasteiger partial charge in [-0.25, -0.2) is 9.18 Å². The number of halogens is 1. The maximum atomic E-state index is 13.6. The molecule has 0 heterocycles. The highest BCUT2D eigenvalue weighted by Gasteiger charge is 2.23. The lowest BCUT2D eigenvalue weighted by Gasteiger charge is -2.27. The molecule has 0 bridgehead atoms. The summed E-state index contributed by atoms with van der Waals surface area (Å²) in [5, 5.41) is 12.6. The Labute approximate surface area is 106 Å². The van der Waals surface area contributed by atoms with E-state index in [1.165, 1.54) is 25.3 Å². The molecule has 0 saturated carbocycles. The van der Waals surface area contributed by atoms with E-state index in [-0.39, 0.29) is 17.3 Å². The number of benzene rings is 1. The first kappa shape index (κ1) is 14.4. The largest absolute Gasteiger partial charge is 0.465 e. The van der Waals surface area contributed by atoms with Gasteiger partial charge in [-0.2, -0.15) is 0 Å². The third-order valence-electron chi connectivity index (χ3n) is 2.82. The third-order valence-corrected chi connectivity index (χ3v) is 2.82. The highest BCUT2D eigenvalue weighted by molar-refractivity contribution is 5.90. The number of carbonyl (C=O) groups excluding carboxylic acids is 1. The maximum Gasteiger partial charge on any atom is 0.337 e. The van der Waals surface area contributed by atoms with Gasteiger partial charge in [0.1, 0.15) is 5.82 Å². The number of hydrogen-bond donors (Lipinski definition) is 2. The van der Waals surface area contributed by atoms with Crippen LogP contribution < -0.4 is 5.32 Å². The summed E-state index contributed by atoms with van der Waals surface area (Å²) >= 11 is 0. The summed E-state index contributed by atoms with van der Waals surface area (Å²) in [4.78, 5) is 11.3. The summed E-state index contributed by atoms with van der Waals surface area (Å²) in [7, 11) is 1.26. The van der Waals surface area contributed by atoms with E-state index in [2.05, 4.69) is 10.1 Å². The Bertz CT molecular complexity index is 440. The molecule has 5 heteroatoms. The Balaban J connectivity index is 2.98. The zero-order valence-corrected chi connectivity index (χ0v) is 11.0. The molecule has 0 aliphatic carbocycles. The van der Waals surface area contributed by atoms with Gasteiger partial charge in [0.2, 0.25) is 0 Å². The first-order valence-corrected chi connectivity index (χ1v) is 5.62. The van der Waals surface area contributed by atoms with Crippen molar-refractivity contribution in [3.8, 4) is 0 Å². The highest BCUT2D eigenvalue weighted by Crippen LogP contribution is 2.20. The fraction of sp³-hybridized carbons (Fsp3) is 0.462. The minimum Gasteiger partial charge on any atom is -0.465 e. The first-order valence-electron chi connectivity index (χ1n) is 5.62. The van der Waals surface area contributed by atoms with E-state index in [0.717, 1.165) is 0 Å². The lowest BCUT2D eigenvalue weighted by Crippen LogP contribution is -2.39. The van der Waals surface area contributed by atoms with E-state index in [1.807, 2.05) is 0 Å². The van der Waals surface area contributed by atoms with Crippen LogP contribution in [0.25, 0.3) is 0 Å². The van der Waals surface area contributed by atoms with E-state index < -0.39 is 17.4 Å². The van der Waals surface area contributed by atoms with Gasteiger partial charge in [-0.15, -0.1) is 0 Å². The molecule has 0 aromatic heterocycles. The molecular weight excluding hydrogens is 237 g/mol. The summed E-state index contributed by atoms with van der Waals surface area (Å²) in [5.41, 5.74) is -0.592. The van der Waals surface area contributed by atoms with Crippen molar-refractivity contribution in [3.05, 3.63) is 29.6 Å². The molecule has 1 aromatic rings. The first-order chi connectivity index (χ1) is 8.25. The third kappa shape index (κ3) is 3.43. The summed E-state index contributed by atoms with van der Waals surface area (Å²) < 4.78 is 18.2. The smallest absolute Gasteiger partial charge is 0.337 e. The van der Waals surface area contributed by atoms with Gasteiger partial charge in [0.05, 0.1) is 30.0 Å². The summed E-state index contributed by atoms with van der Waals surface area (Å²) in [6, 6.07) is 3.52. The molecular formula is C13H18FNO3. The molecule has 2 N–H and O–H groups in total. The van der Waals surface area contributed by atoms with E-state index in [4.69, 9.17) is 0 Å². The number of carbonyl (C=O) groups is 1. The normalized spacial score (nSPS) is 13.0. The van der Waals surface area contributed by atoms with Gasteiger partial charge in [0.25, 0.3) is 0 Å². The monoisotopic (exact) mass is 255 g/mol. The number of rotatable bonds is 4. The van der Waals surface area contributed by atoms with Gasteiger partial charge in [0.15, 0.2) is 0 Å². The number of esters is 1. The van der Waals surface area contributed by atoms with Gasteiger partial charge in [-0.05, 0) is 39.0 Å². The molecule has 0 fully saturated rings. The van der Waals surface area contributed by atoms with E-state index in [9.17, 15) is 14.3 Å². The lowest BCUT2D eigenvalue weighted by molar-refractivity contribution is 0.0600. The summed E-state index contributed by atoms with van der Waals surface area (Å²) in [5.74, 6) is -1.02. The van der Waals surface area contributed by atoms with Gasteiger partial charge >= 0.3 is 5.97 Å². The van der Waals surface area contributed by atoms with Crippen LogP contribution in [0.15, 0.2) is 18.2 Å². The number of methoxy groups -OCH3 is 1. The molecule has 0 aliphatic heterocycles. The predicted molar refractivity (Wildman–Crippen MR) is 67.1 cm³/mol. The van der Waals surface area contributed by atoms with Crippen molar-refractivity contribution in [2.75, 3.05) is 12.4 Å². The second-order valence-corrected chi connectivity index (χ2v) is 4.71. The molecule has 0 saturated heterocycles. The number of hydrogen-bond acceptors (Lipinski definition) is 4. The van der Waals surface area contributed by atoms with Crippen molar-refractivity contribution in [1.29, 1.82) is 0 Å². The number of ether oxygens (including phenoxy) is 1. The number of anilines is 1. The second kappa shape index (κ2) is 5.35. The minimum atomic E-state index is -1.01. The van der Waals surface area contributed by atoms with Gasteiger partial charge in [-0.1, -0.05) is 0 Å². The van der Waals surface area contributed by atoms with Crippen LogP contribution in [0.5, 0.6) is 0 Å².